The molecule has 0 bridgehead atoms. The minimum atomic E-state index is -4.66. The van der Waals surface area contributed by atoms with Crippen molar-refractivity contribution in [2.75, 3.05) is 0 Å². The third-order valence-corrected chi connectivity index (χ3v) is 2.73. The van der Waals surface area contributed by atoms with Gasteiger partial charge in [0.1, 0.15) is 11.3 Å². The van der Waals surface area contributed by atoms with E-state index in [0.717, 1.165) is 12.3 Å². The van der Waals surface area contributed by atoms with E-state index < -0.39 is 23.0 Å². The number of aromatic amines is 1. The number of halogens is 4. The van der Waals surface area contributed by atoms with Crippen LogP contribution >= 0.6 is 15.9 Å². The Morgan fingerprint density at radius 3 is 2.58 bits per heavy atom. The fraction of sp³-hybridized carbons (Fsp3) is 0.0833. The van der Waals surface area contributed by atoms with Gasteiger partial charge in [-0.2, -0.15) is 13.2 Å². The highest BCUT2D eigenvalue weighted by Crippen LogP contribution is 2.35. The van der Waals surface area contributed by atoms with Crippen LogP contribution in [0.2, 0.25) is 0 Å². The van der Waals surface area contributed by atoms with E-state index in [1.165, 1.54) is 12.1 Å². The predicted octanol–water partition coefficient (Wildman–Crippen LogP) is 3.95. The predicted molar refractivity (Wildman–Crippen MR) is 66.3 cm³/mol. The average molecular weight is 334 g/mol. The second-order valence-corrected chi connectivity index (χ2v) is 4.52. The van der Waals surface area contributed by atoms with Gasteiger partial charge >= 0.3 is 6.18 Å². The maximum Gasteiger partial charge on any atom is 0.420 e. The van der Waals surface area contributed by atoms with E-state index in [2.05, 4.69) is 20.9 Å². The van der Waals surface area contributed by atoms with Crippen LogP contribution in [0.25, 0.3) is 0 Å². The highest BCUT2D eigenvalue weighted by Gasteiger charge is 2.35. The van der Waals surface area contributed by atoms with Gasteiger partial charge in [-0.1, -0.05) is 22.0 Å². The Kier molecular flexibility index (Phi) is 3.66. The zero-order chi connectivity index (χ0) is 14.0. The van der Waals surface area contributed by atoms with Crippen molar-refractivity contribution in [1.82, 2.24) is 4.98 Å². The van der Waals surface area contributed by atoms with Crippen molar-refractivity contribution in [1.29, 1.82) is 0 Å². The van der Waals surface area contributed by atoms with Crippen molar-refractivity contribution in [3.8, 4) is 11.5 Å². The standard InChI is InChI=1S/C12H7BrF3NO2/c13-7-2-1-3-8(6-7)19-10-9(12(14,15)16)4-5-17-11(10)18/h1-6H,(H,17,18). The summed E-state index contributed by atoms with van der Waals surface area (Å²) in [5.41, 5.74) is -2.05. The molecule has 0 aliphatic heterocycles. The number of ether oxygens (including phenoxy) is 1. The molecule has 0 atom stereocenters. The Morgan fingerprint density at radius 2 is 1.95 bits per heavy atom. The normalized spacial score (nSPS) is 11.4. The number of rotatable bonds is 2. The second kappa shape index (κ2) is 5.08. The van der Waals surface area contributed by atoms with Crippen molar-refractivity contribution in [3.05, 3.63) is 56.9 Å². The quantitative estimate of drug-likeness (QED) is 0.904. The molecule has 0 unspecified atom stereocenters. The molecule has 1 aromatic carbocycles. The first kappa shape index (κ1) is 13.7. The van der Waals surface area contributed by atoms with E-state index in [1.807, 2.05) is 0 Å². The van der Waals surface area contributed by atoms with Crippen LogP contribution < -0.4 is 10.3 Å². The lowest BCUT2D eigenvalue weighted by molar-refractivity contribution is -0.138. The first-order valence-electron chi connectivity index (χ1n) is 5.10. The largest absolute Gasteiger partial charge is 0.451 e. The highest BCUT2D eigenvalue weighted by atomic mass is 79.9. The van der Waals surface area contributed by atoms with E-state index in [4.69, 9.17) is 4.74 Å². The van der Waals surface area contributed by atoms with Crippen molar-refractivity contribution in [2.24, 2.45) is 0 Å². The topological polar surface area (TPSA) is 42.1 Å². The molecular formula is C12H7BrF3NO2. The zero-order valence-corrected chi connectivity index (χ0v) is 10.9. The molecule has 2 rings (SSSR count). The van der Waals surface area contributed by atoms with Crippen molar-refractivity contribution in [3.63, 3.8) is 0 Å². The number of nitrogens with one attached hydrogen (secondary N) is 1. The minimum absolute atomic E-state index is 0.136. The molecule has 0 fully saturated rings. The monoisotopic (exact) mass is 333 g/mol. The van der Waals surface area contributed by atoms with Gasteiger partial charge in [-0.25, -0.2) is 0 Å². The van der Waals surface area contributed by atoms with Crippen LogP contribution in [-0.2, 0) is 6.18 Å². The molecule has 0 aliphatic rings. The molecule has 3 nitrogen and oxygen atoms in total. The van der Waals surface area contributed by atoms with Gasteiger partial charge in [0, 0.05) is 10.7 Å². The van der Waals surface area contributed by atoms with Crippen LogP contribution in [0.4, 0.5) is 13.2 Å². The van der Waals surface area contributed by atoms with Crippen LogP contribution in [0.5, 0.6) is 11.5 Å². The van der Waals surface area contributed by atoms with E-state index in [0.29, 0.717) is 4.47 Å². The van der Waals surface area contributed by atoms with Crippen molar-refractivity contribution in [2.45, 2.75) is 6.18 Å². The molecule has 0 spiro atoms. The Balaban J connectivity index is 2.48. The number of hydrogen-bond acceptors (Lipinski definition) is 2. The summed E-state index contributed by atoms with van der Waals surface area (Å²) in [7, 11) is 0. The van der Waals surface area contributed by atoms with E-state index in [1.54, 1.807) is 12.1 Å². The Labute approximate surface area is 114 Å². The van der Waals surface area contributed by atoms with E-state index in [9.17, 15) is 18.0 Å². The molecule has 0 amide bonds. The molecule has 100 valence electrons. The number of H-pyrrole nitrogens is 1. The lowest BCUT2D eigenvalue weighted by Crippen LogP contribution is -2.16. The SMILES string of the molecule is O=c1[nH]ccc(C(F)(F)F)c1Oc1cccc(Br)c1. The van der Waals surface area contributed by atoms with Gasteiger partial charge in [-0.3, -0.25) is 4.79 Å². The molecule has 0 saturated heterocycles. The maximum absolute atomic E-state index is 12.8. The molecule has 0 aliphatic carbocycles. The van der Waals surface area contributed by atoms with E-state index in [-0.39, 0.29) is 5.75 Å². The molecule has 1 heterocycles. The van der Waals surface area contributed by atoms with Gasteiger partial charge in [0.2, 0.25) is 5.75 Å². The Morgan fingerprint density at radius 1 is 1.21 bits per heavy atom. The molecule has 0 saturated carbocycles. The fourth-order valence-electron chi connectivity index (χ4n) is 1.44. The van der Waals surface area contributed by atoms with Crippen molar-refractivity contribution >= 4 is 15.9 Å². The molecular weight excluding hydrogens is 327 g/mol. The lowest BCUT2D eigenvalue weighted by Gasteiger charge is -2.12. The number of pyridine rings is 1. The Bertz CT molecular complexity index is 652. The summed E-state index contributed by atoms with van der Waals surface area (Å²) in [4.78, 5) is 13.6. The Hall–Kier alpha value is -1.76. The summed E-state index contributed by atoms with van der Waals surface area (Å²) < 4.78 is 44.0. The molecule has 0 radical (unpaired) electrons. The first-order chi connectivity index (χ1) is 8.88. The van der Waals surface area contributed by atoms with Gasteiger partial charge in [0.05, 0.1) is 0 Å². The van der Waals surface area contributed by atoms with Crippen molar-refractivity contribution < 1.29 is 17.9 Å². The van der Waals surface area contributed by atoms with Gasteiger partial charge in [0.15, 0.2) is 0 Å². The molecule has 7 heteroatoms. The van der Waals surface area contributed by atoms with Gasteiger partial charge in [-0.05, 0) is 24.3 Å². The van der Waals surface area contributed by atoms with Gasteiger partial charge < -0.3 is 9.72 Å². The summed E-state index contributed by atoms with van der Waals surface area (Å²) in [5.74, 6) is -0.635. The maximum atomic E-state index is 12.8. The van der Waals surface area contributed by atoms with Crippen LogP contribution in [0.15, 0.2) is 45.8 Å². The van der Waals surface area contributed by atoms with Crippen LogP contribution in [0, 0.1) is 0 Å². The molecule has 19 heavy (non-hydrogen) atoms. The third kappa shape index (κ3) is 3.17. The number of benzene rings is 1. The van der Waals surface area contributed by atoms with Crippen LogP contribution in [0.3, 0.4) is 0 Å². The molecule has 2 aromatic rings. The summed E-state index contributed by atoms with van der Waals surface area (Å²) in [6, 6.07) is 6.95. The number of aromatic nitrogens is 1. The van der Waals surface area contributed by atoms with E-state index >= 15 is 0 Å². The summed E-state index contributed by atoms with van der Waals surface area (Å²) >= 11 is 3.16. The smallest absolute Gasteiger partial charge is 0.420 e. The van der Waals surface area contributed by atoms with Gasteiger partial charge in [-0.15, -0.1) is 0 Å². The lowest BCUT2D eigenvalue weighted by atomic mass is 10.2. The average Bonchev–Trinajstić information content (AvgIpc) is 2.30. The molecule has 1 N–H and O–H groups in total. The summed E-state index contributed by atoms with van der Waals surface area (Å²) in [6.07, 6.45) is -3.73. The minimum Gasteiger partial charge on any atom is -0.451 e. The number of alkyl halides is 3. The van der Waals surface area contributed by atoms with Crippen LogP contribution in [-0.4, -0.2) is 4.98 Å². The first-order valence-corrected chi connectivity index (χ1v) is 5.89. The second-order valence-electron chi connectivity index (χ2n) is 3.61. The highest BCUT2D eigenvalue weighted by molar-refractivity contribution is 9.10. The summed E-state index contributed by atoms with van der Waals surface area (Å²) in [6.45, 7) is 0. The van der Waals surface area contributed by atoms with Gasteiger partial charge in [0.25, 0.3) is 5.56 Å². The van der Waals surface area contributed by atoms with Crippen LogP contribution in [0.1, 0.15) is 5.56 Å². The fourth-order valence-corrected chi connectivity index (χ4v) is 1.82. The third-order valence-electron chi connectivity index (χ3n) is 2.24. The summed E-state index contributed by atoms with van der Waals surface area (Å²) in [5, 5.41) is 0. The zero-order valence-electron chi connectivity index (χ0n) is 9.29. The number of hydrogen-bond donors (Lipinski definition) is 1. The molecule has 1 aromatic heterocycles.